The van der Waals surface area contributed by atoms with E-state index in [0.717, 1.165) is 5.56 Å². The number of aromatic nitrogens is 3. The molecule has 160 valence electrons. The number of nitrogens with zero attached hydrogens (tertiary/aromatic N) is 4. The lowest BCUT2D eigenvalue weighted by molar-refractivity contribution is -0.133. The molecule has 0 radical (unpaired) electrons. The molecule has 10 heteroatoms. The summed E-state index contributed by atoms with van der Waals surface area (Å²) in [7, 11) is -3.62. The number of carbonyl (C=O) groups is 1. The molecule has 0 aromatic carbocycles. The number of hydrogen-bond donors (Lipinski definition) is 1. The summed E-state index contributed by atoms with van der Waals surface area (Å²) in [5.74, 6) is 0.0348. The second-order valence-electron chi connectivity index (χ2n) is 7.45. The number of carbonyl (C=O) groups excluding carboxylic acids is 1. The minimum Gasteiger partial charge on any atom is -0.346 e. The lowest BCUT2D eigenvalue weighted by Crippen LogP contribution is -2.50. The van der Waals surface area contributed by atoms with Crippen molar-refractivity contribution in [3.63, 3.8) is 0 Å². The van der Waals surface area contributed by atoms with E-state index in [9.17, 15) is 13.2 Å². The van der Waals surface area contributed by atoms with Crippen molar-refractivity contribution in [3.05, 3.63) is 58.3 Å². The lowest BCUT2D eigenvalue weighted by Gasteiger charge is -2.34. The van der Waals surface area contributed by atoms with E-state index >= 15 is 0 Å². The average Bonchev–Trinajstić information content (AvgIpc) is 3.49. The number of hydrogen-bond acceptors (Lipinski definition) is 5. The Labute approximate surface area is 180 Å². The SMILES string of the molecule is Cc1n[nH]c(C)c1S(=O)(=O)N1CCN(C(=O)C[C@@H](c2ccsc2)n2cccc2)CC1. The molecule has 1 fully saturated rings. The number of nitrogens with one attached hydrogen (secondary N) is 1. The Bertz CT molecular complexity index is 1040. The predicted octanol–water partition coefficient (Wildman–Crippen LogP) is 2.40. The van der Waals surface area contributed by atoms with Gasteiger partial charge in [-0.2, -0.15) is 20.7 Å². The molecule has 4 heterocycles. The van der Waals surface area contributed by atoms with Crippen molar-refractivity contribution in [1.82, 2.24) is 24.0 Å². The summed E-state index contributed by atoms with van der Waals surface area (Å²) in [4.78, 5) is 15.0. The van der Waals surface area contributed by atoms with Crippen LogP contribution in [0.2, 0.25) is 0 Å². The van der Waals surface area contributed by atoms with Gasteiger partial charge in [-0.3, -0.25) is 9.89 Å². The van der Waals surface area contributed by atoms with Gasteiger partial charge in [-0.25, -0.2) is 8.42 Å². The van der Waals surface area contributed by atoms with Crippen LogP contribution >= 0.6 is 11.3 Å². The maximum Gasteiger partial charge on any atom is 0.246 e. The highest BCUT2D eigenvalue weighted by Crippen LogP contribution is 2.27. The van der Waals surface area contributed by atoms with Crippen molar-refractivity contribution in [2.45, 2.75) is 31.2 Å². The van der Waals surface area contributed by atoms with Crippen LogP contribution in [0.15, 0.2) is 46.2 Å². The van der Waals surface area contributed by atoms with E-state index in [1.54, 1.807) is 30.1 Å². The van der Waals surface area contributed by atoms with Gasteiger partial charge in [0.2, 0.25) is 15.9 Å². The Balaban J connectivity index is 1.43. The first-order valence-corrected chi connectivity index (χ1v) is 12.2. The van der Waals surface area contributed by atoms with Crippen LogP contribution < -0.4 is 0 Å². The zero-order valence-electron chi connectivity index (χ0n) is 17.0. The molecule has 1 aliphatic heterocycles. The fourth-order valence-corrected chi connectivity index (χ4v) is 6.40. The summed E-state index contributed by atoms with van der Waals surface area (Å²) < 4.78 is 29.5. The van der Waals surface area contributed by atoms with Gasteiger partial charge < -0.3 is 9.47 Å². The summed E-state index contributed by atoms with van der Waals surface area (Å²) in [5, 5.41) is 10.8. The first kappa shape index (κ1) is 20.8. The van der Waals surface area contributed by atoms with Gasteiger partial charge in [0.15, 0.2) is 0 Å². The van der Waals surface area contributed by atoms with Crippen molar-refractivity contribution in [1.29, 1.82) is 0 Å². The molecular formula is C20H25N5O3S2. The zero-order valence-corrected chi connectivity index (χ0v) is 18.6. The largest absolute Gasteiger partial charge is 0.346 e. The number of aromatic amines is 1. The first-order valence-electron chi connectivity index (χ1n) is 9.82. The molecule has 1 saturated heterocycles. The van der Waals surface area contributed by atoms with Crippen LogP contribution in [-0.2, 0) is 14.8 Å². The Morgan fingerprint density at radius 3 is 2.47 bits per heavy atom. The number of sulfonamides is 1. The fraction of sp³-hybridized carbons (Fsp3) is 0.400. The molecule has 0 spiro atoms. The number of aryl methyl sites for hydroxylation is 2. The van der Waals surface area contributed by atoms with Gasteiger partial charge in [0, 0.05) is 38.6 Å². The third-order valence-electron chi connectivity index (χ3n) is 5.53. The molecule has 4 rings (SSSR count). The Hall–Kier alpha value is -2.43. The Morgan fingerprint density at radius 1 is 1.20 bits per heavy atom. The number of rotatable bonds is 6. The topological polar surface area (TPSA) is 91.3 Å². The van der Waals surface area contributed by atoms with E-state index in [1.165, 1.54) is 4.31 Å². The van der Waals surface area contributed by atoms with Crippen LogP contribution in [0, 0.1) is 13.8 Å². The van der Waals surface area contributed by atoms with Crippen molar-refractivity contribution in [3.8, 4) is 0 Å². The van der Waals surface area contributed by atoms with Gasteiger partial charge in [-0.15, -0.1) is 0 Å². The highest BCUT2D eigenvalue weighted by molar-refractivity contribution is 7.89. The van der Waals surface area contributed by atoms with Crippen LogP contribution in [0.5, 0.6) is 0 Å². The number of piperazine rings is 1. The number of amides is 1. The summed E-state index contributed by atoms with van der Waals surface area (Å²) in [5.41, 5.74) is 2.12. The summed E-state index contributed by atoms with van der Waals surface area (Å²) >= 11 is 1.61. The van der Waals surface area contributed by atoms with Crippen LogP contribution in [0.25, 0.3) is 0 Å². The Kier molecular flexibility index (Phi) is 5.81. The highest BCUT2D eigenvalue weighted by atomic mass is 32.2. The summed E-state index contributed by atoms with van der Waals surface area (Å²) in [6, 6.07) is 5.89. The van der Waals surface area contributed by atoms with Crippen molar-refractivity contribution < 1.29 is 13.2 Å². The van der Waals surface area contributed by atoms with Crippen molar-refractivity contribution in [2.75, 3.05) is 26.2 Å². The molecule has 30 heavy (non-hydrogen) atoms. The molecular weight excluding hydrogens is 422 g/mol. The van der Waals surface area contributed by atoms with Gasteiger partial charge in [0.05, 0.1) is 23.9 Å². The molecule has 1 aliphatic rings. The van der Waals surface area contributed by atoms with E-state index in [1.807, 2.05) is 40.5 Å². The standard InChI is InChI=1S/C20H25N5O3S2/c1-15-20(16(2)22-21-15)30(27,28)25-10-8-24(9-11-25)19(26)13-18(17-5-12-29-14-17)23-6-3-4-7-23/h3-7,12,14,18H,8-11,13H2,1-2H3,(H,21,22)/t18-/m0/s1. The monoisotopic (exact) mass is 447 g/mol. The summed E-state index contributed by atoms with van der Waals surface area (Å²) in [6.07, 6.45) is 4.28. The minimum atomic E-state index is -3.62. The number of H-pyrrole nitrogens is 1. The van der Waals surface area contributed by atoms with Crippen LogP contribution in [0.4, 0.5) is 0 Å². The molecule has 3 aromatic rings. The zero-order chi connectivity index (χ0) is 21.3. The molecule has 8 nitrogen and oxygen atoms in total. The van der Waals surface area contributed by atoms with Crippen LogP contribution in [-0.4, -0.2) is 64.5 Å². The van der Waals surface area contributed by atoms with Gasteiger partial charge in [-0.05, 0) is 48.4 Å². The molecule has 1 atom stereocenters. The third kappa shape index (κ3) is 3.94. The van der Waals surface area contributed by atoms with E-state index in [0.29, 0.717) is 30.9 Å². The van der Waals surface area contributed by atoms with Gasteiger partial charge in [-0.1, -0.05) is 0 Å². The third-order valence-corrected chi connectivity index (χ3v) is 8.40. The Morgan fingerprint density at radius 2 is 1.90 bits per heavy atom. The average molecular weight is 448 g/mol. The fourth-order valence-electron chi connectivity index (χ4n) is 3.94. The molecule has 3 aromatic heterocycles. The molecule has 0 unspecified atom stereocenters. The van der Waals surface area contributed by atoms with Crippen LogP contribution in [0.1, 0.15) is 29.4 Å². The second-order valence-corrected chi connectivity index (χ2v) is 10.1. The van der Waals surface area contributed by atoms with Gasteiger partial charge in [0.1, 0.15) is 4.90 Å². The minimum absolute atomic E-state index is 0.0348. The smallest absolute Gasteiger partial charge is 0.246 e. The van der Waals surface area contributed by atoms with Crippen molar-refractivity contribution >= 4 is 27.3 Å². The van der Waals surface area contributed by atoms with E-state index < -0.39 is 10.0 Å². The molecule has 0 saturated carbocycles. The maximum atomic E-state index is 13.0. The van der Waals surface area contributed by atoms with E-state index in [4.69, 9.17) is 0 Å². The van der Waals surface area contributed by atoms with E-state index in [-0.39, 0.29) is 29.9 Å². The number of thiophene rings is 1. The molecule has 0 aliphatic carbocycles. The van der Waals surface area contributed by atoms with Gasteiger partial charge in [0.25, 0.3) is 0 Å². The lowest BCUT2D eigenvalue weighted by atomic mass is 10.1. The van der Waals surface area contributed by atoms with E-state index in [2.05, 4.69) is 15.6 Å². The first-order chi connectivity index (χ1) is 14.4. The molecule has 1 N–H and O–H groups in total. The molecule has 0 bridgehead atoms. The summed E-state index contributed by atoms with van der Waals surface area (Å²) in [6.45, 7) is 4.72. The quantitative estimate of drug-likeness (QED) is 0.628. The predicted molar refractivity (Wildman–Crippen MR) is 115 cm³/mol. The highest BCUT2D eigenvalue weighted by Gasteiger charge is 2.33. The normalized spacial score (nSPS) is 16.7. The van der Waals surface area contributed by atoms with Gasteiger partial charge >= 0.3 is 0 Å². The molecule has 1 amide bonds. The maximum absolute atomic E-state index is 13.0. The second kappa shape index (κ2) is 8.37. The van der Waals surface area contributed by atoms with Crippen LogP contribution in [0.3, 0.4) is 0 Å². The van der Waals surface area contributed by atoms with Crippen molar-refractivity contribution in [2.24, 2.45) is 0 Å².